The van der Waals surface area contributed by atoms with E-state index in [2.05, 4.69) is 10.3 Å². The molecule has 0 spiro atoms. The fourth-order valence-corrected chi connectivity index (χ4v) is 3.45. The summed E-state index contributed by atoms with van der Waals surface area (Å²) in [5.74, 6) is -0.0205. The minimum absolute atomic E-state index is 0.00481. The Labute approximate surface area is 182 Å². The van der Waals surface area contributed by atoms with Crippen LogP contribution >= 0.6 is 11.6 Å². The number of hydrogen-bond acceptors (Lipinski definition) is 5. The van der Waals surface area contributed by atoms with Crippen molar-refractivity contribution in [2.75, 3.05) is 5.32 Å². The summed E-state index contributed by atoms with van der Waals surface area (Å²) in [7, 11) is 0. The van der Waals surface area contributed by atoms with Crippen LogP contribution in [0.25, 0.3) is 22.6 Å². The molecule has 0 aliphatic rings. The Kier molecular flexibility index (Phi) is 5.20. The molecule has 0 atom stereocenters. The molecule has 1 heterocycles. The van der Waals surface area contributed by atoms with Crippen molar-refractivity contribution >= 4 is 40.0 Å². The molecule has 0 aliphatic heterocycles. The van der Waals surface area contributed by atoms with Gasteiger partial charge in [-0.15, -0.1) is 0 Å². The summed E-state index contributed by atoms with van der Waals surface area (Å²) >= 11 is 6.08. The smallest absolute Gasteiger partial charge is 0.270 e. The fourth-order valence-electron chi connectivity index (χ4n) is 3.18. The number of oxazole rings is 1. The van der Waals surface area contributed by atoms with E-state index in [-0.39, 0.29) is 16.3 Å². The zero-order chi connectivity index (χ0) is 22.3. The first-order valence-electron chi connectivity index (χ1n) is 9.47. The standard InChI is InChI=1S/C23H18ClN3O4/c1-12-4-5-15(23-26-20-8-13(2)14(3)9-21(20)31-23)10-19(12)25-22(28)17-7-6-16(27(29)30)11-18(17)24/h4-11H,1-3H3,(H,25,28). The Morgan fingerprint density at radius 3 is 2.48 bits per heavy atom. The SMILES string of the molecule is Cc1cc2nc(-c3ccc(C)c(NC(=O)c4ccc([N+](=O)[O-])cc4Cl)c3)oc2cc1C. The molecule has 7 nitrogen and oxygen atoms in total. The van der Waals surface area contributed by atoms with Gasteiger partial charge in [0, 0.05) is 23.4 Å². The Bertz CT molecular complexity index is 1320. The maximum absolute atomic E-state index is 12.7. The topological polar surface area (TPSA) is 98.3 Å². The number of aryl methyl sites for hydroxylation is 3. The largest absolute Gasteiger partial charge is 0.436 e. The van der Waals surface area contributed by atoms with Gasteiger partial charge in [-0.2, -0.15) is 0 Å². The molecule has 1 N–H and O–H groups in total. The molecule has 156 valence electrons. The van der Waals surface area contributed by atoms with Crippen LogP contribution in [-0.4, -0.2) is 15.8 Å². The van der Waals surface area contributed by atoms with Crippen LogP contribution in [0.4, 0.5) is 11.4 Å². The Hall–Kier alpha value is -3.71. The summed E-state index contributed by atoms with van der Waals surface area (Å²) in [6.45, 7) is 5.89. The van der Waals surface area contributed by atoms with E-state index in [1.54, 1.807) is 6.07 Å². The van der Waals surface area contributed by atoms with Crippen LogP contribution in [0.15, 0.2) is 52.9 Å². The molecule has 0 bridgehead atoms. The van der Waals surface area contributed by atoms with Gasteiger partial charge in [-0.1, -0.05) is 17.7 Å². The lowest BCUT2D eigenvalue weighted by molar-refractivity contribution is -0.384. The third kappa shape index (κ3) is 4.00. The number of nitro benzene ring substituents is 1. The van der Waals surface area contributed by atoms with E-state index in [1.165, 1.54) is 12.1 Å². The first-order chi connectivity index (χ1) is 14.7. The number of nitro groups is 1. The van der Waals surface area contributed by atoms with E-state index in [0.29, 0.717) is 22.7 Å². The maximum Gasteiger partial charge on any atom is 0.270 e. The lowest BCUT2D eigenvalue weighted by Crippen LogP contribution is -2.13. The average molecular weight is 436 g/mol. The second-order valence-electron chi connectivity index (χ2n) is 7.33. The number of carbonyl (C=O) groups excluding carboxylic acids is 1. The molecule has 0 aliphatic carbocycles. The Morgan fingerprint density at radius 2 is 1.77 bits per heavy atom. The minimum Gasteiger partial charge on any atom is -0.436 e. The summed E-state index contributed by atoms with van der Waals surface area (Å²) in [5.41, 5.74) is 5.78. The molecule has 0 saturated carbocycles. The zero-order valence-corrected chi connectivity index (χ0v) is 17.8. The van der Waals surface area contributed by atoms with Crippen molar-refractivity contribution in [2.45, 2.75) is 20.8 Å². The molecule has 31 heavy (non-hydrogen) atoms. The van der Waals surface area contributed by atoms with E-state index in [9.17, 15) is 14.9 Å². The van der Waals surface area contributed by atoms with Crippen LogP contribution in [-0.2, 0) is 0 Å². The van der Waals surface area contributed by atoms with Crippen molar-refractivity contribution in [3.63, 3.8) is 0 Å². The molecular formula is C23H18ClN3O4. The number of carbonyl (C=O) groups is 1. The molecular weight excluding hydrogens is 418 g/mol. The molecule has 0 radical (unpaired) electrons. The number of aromatic nitrogens is 1. The third-order valence-electron chi connectivity index (χ3n) is 5.14. The number of amides is 1. The monoisotopic (exact) mass is 435 g/mol. The van der Waals surface area contributed by atoms with Gasteiger partial charge in [0.05, 0.1) is 15.5 Å². The van der Waals surface area contributed by atoms with E-state index in [1.807, 2.05) is 45.0 Å². The van der Waals surface area contributed by atoms with Gasteiger partial charge in [-0.25, -0.2) is 4.98 Å². The van der Waals surface area contributed by atoms with Crippen molar-refractivity contribution in [1.82, 2.24) is 4.98 Å². The van der Waals surface area contributed by atoms with Crippen molar-refractivity contribution in [1.29, 1.82) is 0 Å². The molecule has 3 aromatic carbocycles. The first-order valence-corrected chi connectivity index (χ1v) is 9.85. The van der Waals surface area contributed by atoms with Crippen LogP contribution < -0.4 is 5.32 Å². The van der Waals surface area contributed by atoms with Gasteiger partial charge >= 0.3 is 0 Å². The number of non-ortho nitro benzene ring substituents is 1. The van der Waals surface area contributed by atoms with Crippen LogP contribution in [0.2, 0.25) is 5.02 Å². The highest BCUT2D eigenvalue weighted by atomic mass is 35.5. The van der Waals surface area contributed by atoms with Gasteiger partial charge < -0.3 is 9.73 Å². The molecule has 1 amide bonds. The number of anilines is 1. The highest BCUT2D eigenvalue weighted by molar-refractivity contribution is 6.34. The van der Waals surface area contributed by atoms with Crippen molar-refractivity contribution in [3.05, 3.63) is 85.9 Å². The molecule has 1 aromatic heterocycles. The van der Waals surface area contributed by atoms with Crippen LogP contribution in [0.3, 0.4) is 0 Å². The fraction of sp³-hybridized carbons (Fsp3) is 0.130. The summed E-state index contributed by atoms with van der Waals surface area (Å²) in [6, 6.07) is 13.2. The summed E-state index contributed by atoms with van der Waals surface area (Å²) in [5, 5.41) is 13.7. The predicted octanol–water partition coefficient (Wildman–Crippen LogP) is 6.23. The van der Waals surface area contributed by atoms with Crippen LogP contribution in [0.1, 0.15) is 27.0 Å². The summed E-state index contributed by atoms with van der Waals surface area (Å²) in [4.78, 5) is 27.6. The van der Waals surface area contributed by atoms with E-state index in [4.69, 9.17) is 16.0 Å². The van der Waals surface area contributed by atoms with Crippen molar-refractivity contribution in [2.24, 2.45) is 0 Å². The lowest BCUT2D eigenvalue weighted by Gasteiger charge is -2.10. The van der Waals surface area contributed by atoms with Gasteiger partial charge in [0.15, 0.2) is 5.58 Å². The number of hydrogen-bond donors (Lipinski definition) is 1. The van der Waals surface area contributed by atoms with Gasteiger partial charge in [0.2, 0.25) is 5.89 Å². The first kappa shape index (κ1) is 20.6. The Balaban J connectivity index is 1.66. The zero-order valence-electron chi connectivity index (χ0n) is 17.0. The third-order valence-corrected chi connectivity index (χ3v) is 5.46. The van der Waals surface area contributed by atoms with E-state index in [0.717, 1.165) is 28.3 Å². The normalized spacial score (nSPS) is 11.0. The van der Waals surface area contributed by atoms with Crippen molar-refractivity contribution < 1.29 is 14.1 Å². The van der Waals surface area contributed by atoms with Crippen LogP contribution in [0.5, 0.6) is 0 Å². The van der Waals surface area contributed by atoms with Gasteiger partial charge in [-0.05, 0) is 67.8 Å². The van der Waals surface area contributed by atoms with Gasteiger partial charge in [0.1, 0.15) is 5.52 Å². The molecule has 4 aromatic rings. The van der Waals surface area contributed by atoms with Gasteiger partial charge in [0.25, 0.3) is 11.6 Å². The van der Waals surface area contributed by atoms with Gasteiger partial charge in [-0.3, -0.25) is 14.9 Å². The number of halogens is 1. The average Bonchev–Trinajstić information content (AvgIpc) is 3.12. The Morgan fingerprint density at radius 1 is 1.03 bits per heavy atom. The number of nitrogens with zero attached hydrogens (tertiary/aromatic N) is 2. The lowest BCUT2D eigenvalue weighted by atomic mass is 10.1. The van der Waals surface area contributed by atoms with Crippen molar-refractivity contribution in [3.8, 4) is 11.5 Å². The minimum atomic E-state index is -0.565. The highest BCUT2D eigenvalue weighted by Gasteiger charge is 2.17. The number of nitrogens with one attached hydrogen (secondary N) is 1. The summed E-state index contributed by atoms with van der Waals surface area (Å²) < 4.78 is 5.92. The molecule has 0 unspecified atom stereocenters. The molecule has 0 fully saturated rings. The highest BCUT2D eigenvalue weighted by Crippen LogP contribution is 2.30. The second kappa shape index (κ2) is 7.85. The number of fused-ring (bicyclic) bond motifs is 1. The maximum atomic E-state index is 12.7. The molecule has 0 saturated heterocycles. The number of benzene rings is 3. The van der Waals surface area contributed by atoms with E-state index < -0.39 is 10.8 Å². The summed E-state index contributed by atoms with van der Waals surface area (Å²) in [6.07, 6.45) is 0. The molecule has 8 heteroatoms. The van der Waals surface area contributed by atoms with E-state index >= 15 is 0 Å². The number of rotatable bonds is 4. The quantitative estimate of drug-likeness (QED) is 0.302. The molecule has 4 rings (SSSR count). The second-order valence-corrected chi connectivity index (χ2v) is 7.74. The predicted molar refractivity (Wildman–Crippen MR) is 120 cm³/mol. The van der Waals surface area contributed by atoms with Crippen LogP contribution in [0, 0.1) is 30.9 Å².